The molecule has 0 saturated heterocycles. The van der Waals surface area contributed by atoms with Crippen molar-refractivity contribution in [2.75, 3.05) is 13.7 Å². The van der Waals surface area contributed by atoms with Crippen molar-refractivity contribution in [2.24, 2.45) is 0 Å². The van der Waals surface area contributed by atoms with Gasteiger partial charge in [-0.3, -0.25) is 9.47 Å². The Bertz CT molecular complexity index is 960. The fraction of sp³-hybridized carbons (Fsp3) is 0.273. The zero-order valence-corrected chi connectivity index (χ0v) is 17.2. The monoisotopic (exact) mass is 394 g/mol. The van der Waals surface area contributed by atoms with Gasteiger partial charge in [-0.1, -0.05) is 55.1 Å². The molecule has 6 heteroatoms. The summed E-state index contributed by atoms with van der Waals surface area (Å²) >= 11 is 5.66. The smallest absolute Gasteiger partial charge is 0.199 e. The van der Waals surface area contributed by atoms with Gasteiger partial charge in [0, 0.05) is 6.54 Å². The van der Waals surface area contributed by atoms with Crippen molar-refractivity contribution in [3.05, 3.63) is 89.0 Å². The molecule has 0 fully saturated rings. The van der Waals surface area contributed by atoms with E-state index in [4.69, 9.17) is 17.0 Å². The molecular formula is C22H26N4OS. The van der Waals surface area contributed by atoms with Gasteiger partial charge < -0.3 is 4.74 Å². The third-order valence-electron chi connectivity index (χ3n) is 4.41. The van der Waals surface area contributed by atoms with Crippen molar-refractivity contribution in [2.45, 2.75) is 26.7 Å². The molecule has 0 aliphatic heterocycles. The standard InChI is InChI=1S/C22H26N4OS/c1-4-14-27-21-12-10-20(11-13-21)15-24(3)17-26-22(28)25(18(2)23-26)16-19-8-6-5-7-9-19/h4-13H,1,14-17H2,2-3H3. The second-order valence-corrected chi connectivity index (χ2v) is 7.17. The van der Waals surface area contributed by atoms with E-state index in [9.17, 15) is 0 Å². The van der Waals surface area contributed by atoms with Crippen LogP contribution in [0.2, 0.25) is 0 Å². The molecule has 0 amide bonds. The number of aryl methyl sites for hydroxylation is 1. The molecule has 0 radical (unpaired) electrons. The summed E-state index contributed by atoms with van der Waals surface area (Å²) in [5, 5.41) is 4.64. The van der Waals surface area contributed by atoms with Gasteiger partial charge in [-0.15, -0.1) is 0 Å². The van der Waals surface area contributed by atoms with Gasteiger partial charge in [0.1, 0.15) is 18.2 Å². The Labute approximate surface area is 171 Å². The predicted octanol–water partition coefficient (Wildman–Crippen LogP) is 4.43. The Hall–Kier alpha value is -2.70. The average Bonchev–Trinajstić information content (AvgIpc) is 2.95. The van der Waals surface area contributed by atoms with Crippen molar-refractivity contribution in [3.63, 3.8) is 0 Å². The van der Waals surface area contributed by atoms with Gasteiger partial charge in [0.05, 0.1) is 13.2 Å². The molecule has 3 aromatic rings. The Morgan fingerprint density at radius 2 is 1.82 bits per heavy atom. The molecule has 146 valence electrons. The molecule has 0 unspecified atom stereocenters. The first kappa shape index (κ1) is 20.0. The molecule has 0 atom stereocenters. The van der Waals surface area contributed by atoms with Crippen molar-refractivity contribution in [1.82, 2.24) is 19.2 Å². The normalized spacial score (nSPS) is 11.0. The molecule has 1 aromatic heterocycles. The third-order valence-corrected chi connectivity index (χ3v) is 4.84. The number of benzene rings is 2. The highest BCUT2D eigenvalue weighted by Crippen LogP contribution is 2.14. The summed E-state index contributed by atoms with van der Waals surface area (Å²) in [6, 6.07) is 18.4. The summed E-state index contributed by atoms with van der Waals surface area (Å²) < 4.78 is 10.2. The summed E-state index contributed by atoms with van der Waals surface area (Å²) in [4.78, 5) is 2.19. The number of hydrogen-bond donors (Lipinski definition) is 0. The summed E-state index contributed by atoms with van der Waals surface area (Å²) in [5.41, 5.74) is 2.42. The van der Waals surface area contributed by atoms with E-state index >= 15 is 0 Å². The minimum atomic E-state index is 0.516. The quantitative estimate of drug-likeness (QED) is 0.397. The fourth-order valence-corrected chi connectivity index (χ4v) is 3.32. The molecule has 0 N–H and O–H groups in total. The van der Waals surface area contributed by atoms with Gasteiger partial charge in [0.2, 0.25) is 0 Å². The Balaban J connectivity index is 1.64. The lowest BCUT2D eigenvalue weighted by molar-refractivity contribution is 0.243. The number of rotatable bonds is 9. The van der Waals surface area contributed by atoms with Crippen LogP contribution in [0.15, 0.2) is 67.3 Å². The lowest BCUT2D eigenvalue weighted by Gasteiger charge is -2.16. The predicted molar refractivity (Wildman–Crippen MR) is 115 cm³/mol. The van der Waals surface area contributed by atoms with Crippen LogP contribution in [0.1, 0.15) is 17.0 Å². The van der Waals surface area contributed by atoms with E-state index < -0.39 is 0 Å². The van der Waals surface area contributed by atoms with E-state index in [1.54, 1.807) is 6.08 Å². The average molecular weight is 395 g/mol. The van der Waals surface area contributed by atoms with Gasteiger partial charge in [0.15, 0.2) is 4.77 Å². The number of nitrogens with zero attached hydrogens (tertiary/aromatic N) is 4. The van der Waals surface area contributed by atoms with E-state index in [1.165, 1.54) is 11.1 Å². The van der Waals surface area contributed by atoms with Crippen LogP contribution < -0.4 is 4.74 Å². The van der Waals surface area contributed by atoms with E-state index in [2.05, 4.69) is 52.5 Å². The molecule has 2 aromatic carbocycles. The minimum absolute atomic E-state index is 0.516. The minimum Gasteiger partial charge on any atom is -0.490 e. The zero-order valence-electron chi connectivity index (χ0n) is 16.4. The maximum absolute atomic E-state index is 5.66. The number of aromatic nitrogens is 3. The van der Waals surface area contributed by atoms with E-state index in [0.29, 0.717) is 13.3 Å². The fourth-order valence-electron chi connectivity index (χ4n) is 3.03. The number of ether oxygens (including phenoxy) is 1. The first-order chi connectivity index (χ1) is 13.6. The van der Waals surface area contributed by atoms with Crippen LogP contribution in [-0.2, 0) is 19.8 Å². The van der Waals surface area contributed by atoms with Crippen LogP contribution in [0.4, 0.5) is 0 Å². The SMILES string of the molecule is C=CCOc1ccc(CN(C)Cn2nc(C)n(Cc3ccccc3)c2=S)cc1. The third kappa shape index (κ3) is 5.18. The Morgan fingerprint density at radius 3 is 2.50 bits per heavy atom. The highest BCUT2D eigenvalue weighted by molar-refractivity contribution is 7.71. The van der Waals surface area contributed by atoms with Crippen molar-refractivity contribution in [3.8, 4) is 5.75 Å². The summed E-state index contributed by atoms with van der Waals surface area (Å²) in [6.07, 6.45) is 1.74. The number of hydrogen-bond acceptors (Lipinski definition) is 4. The topological polar surface area (TPSA) is 35.2 Å². The second-order valence-electron chi connectivity index (χ2n) is 6.80. The highest BCUT2D eigenvalue weighted by atomic mass is 32.1. The van der Waals surface area contributed by atoms with Gasteiger partial charge in [-0.2, -0.15) is 5.10 Å². The second kappa shape index (κ2) is 9.48. The van der Waals surface area contributed by atoms with Crippen LogP contribution in [0, 0.1) is 11.7 Å². The van der Waals surface area contributed by atoms with Crippen molar-refractivity contribution >= 4 is 12.2 Å². The van der Waals surface area contributed by atoms with E-state index in [-0.39, 0.29) is 0 Å². The largest absolute Gasteiger partial charge is 0.490 e. The molecular weight excluding hydrogens is 368 g/mol. The molecule has 0 aliphatic rings. The van der Waals surface area contributed by atoms with Crippen LogP contribution in [0.5, 0.6) is 5.75 Å². The lowest BCUT2D eigenvalue weighted by atomic mass is 10.2. The van der Waals surface area contributed by atoms with Crippen LogP contribution in [0.3, 0.4) is 0 Å². The maximum Gasteiger partial charge on any atom is 0.199 e. The van der Waals surface area contributed by atoms with Crippen molar-refractivity contribution < 1.29 is 4.74 Å². The highest BCUT2D eigenvalue weighted by Gasteiger charge is 2.10. The Morgan fingerprint density at radius 1 is 1.11 bits per heavy atom. The molecule has 0 spiro atoms. The summed E-state index contributed by atoms with van der Waals surface area (Å²) in [7, 11) is 2.06. The van der Waals surface area contributed by atoms with Crippen LogP contribution >= 0.6 is 12.2 Å². The van der Waals surface area contributed by atoms with Crippen LogP contribution in [0.25, 0.3) is 0 Å². The Kier molecular flexibility index (Phi) is 6.79. The maximum atomic E-state index is 5.66. The van der Waals surface area contributed by atoms with E-state index in [1.807, 2.05) is 41.9 Å². The van der Waals surface area contributed by atoms with Gasteiger partial charge in [0.25, 0.3) is 0 Å². The van der Waals surface area contributed by atoms with Gasteiger partial charge >= 0.3 is 0 Å². The molecule has 0 aliphatic carbocycles. The zero-order chi connectivity index (χ0) is 19.9. The summed E-state index contributed by atoms with van der Waals surface area (Å²) in [6.45, 7) is 8.35. The van der Waals surface area contributed by atoms with Crippen LogP contribution in [-0.4, -0.2) is 32.9 Å². The van der Waals surface area contributed by atoms with Crippen molar-refractivity contribution in [1.29, 1.82) is 0 Å². The molecule has 0 bridgehead atoms. The molecule has 5 nitrogen and oxygen atoms in total. The van der Waals surface area contributed by atoms with E-state index in [0.717, 1.165) is 29.4 Å². The first-order valence-electron chi connectivity index (χ1n) is 9.26. The molecule has 28 heavy (non-hydrogen) atoms. The van der Waals surface area contributed by atoms with Gasteiger partial charge in [-0.25, -0.2) is 4.68 Å². The lowest BCUT2D eigenvalue weighted by Crippen LogP contribution is -2.22. The summed E-state index contributed by atoms with van der Waals surface area (Å²) in [5.74, 6) is 1.77. The molecule has 1 heterocycles. The van der Waals surface area contributed by atoms with Gasteiger partial charge in [-0.05, 0) is 49.4 Å². The first-order valence-corrected chi connectivity index (χ1v) is 9.67. The molecule has 3 rings (SSSR count). The molecule has 0 saturated carbocycles.